The van der Waals surface area contributed by atoms with Gasteiger partial charge in [0.25, 0.3) is 0 Å². The maximum atomic E-state index is 13.1. The summed E-state index contributed by atoms with van der Waals surface area (Å²) in [6, 6.07) is 9.77. The van der Waals surface area contributed by atoms with Gasteiger partial charge in [-0.05, 0) is 35.9 Å². The van der Waals surface area contributed by atoms with Gasteiger partial charge in [0.1, 0.15) is 11.9 Å². The van der Waals surface area contributed by atoms with Gasteiger partial charge in [0, 0.05) is 11.4 Å². The van der Waals surface area contributed by atoms with Crippen LogP contribution in [0, 0.1) is 5.82 Å². The van der Waals surface area contributed by atoms with Crippen molar-refractivity contribution in [3.63, 3.8) is 0 Å². The molecule has 0 aromatic heterocycles. The van der Waals surface area contributed by atoms with Gasteiger partial charge in [-0.2, -0.15) is 0 Å². The Kier molecular flexibility index (Phi) is 5.46. The van der Waals surface area contributed by atoms with Crippen molar-refractivity contribution in [3.8, 4) is 0 Å². The molecular formula is C16H15ClFNO4S. The van der Waals surface area contributed by atoms with Crippen LogP contribution in [0.5, 0.6) is 0 Å². The number of hydrogen-bond acceptors (Lipinski definition) is 3. The quantitative estimate of drug-likeness (QED) is 0.847. The summed E-state index contributed by atoms with van der Waals surface area (Å²) in [5.41, 5.74) is 0.570. The van der Waals surface area contributed by atoms with E-state index in [-0.39, 0.29) is 12.1 Å². The molecule has 0 amide bonds. The minimum atomic E-state index is -3.92. The molecule has 0 aliphatic heterocycles. The standard InChI is InChI=1S/C16H15ClFNO4S/c1-24(22,23)19(13-8-6-12(18)7-9-13)15(16(20)21)10-11-4-2-3-5-14(11)17/h2-9,15H,10H2,1H3,(H,20,21)/t15-/m1/s1. The van der Waals surface area contributed by atoms with Gasteiger partial charge in [-0.15, -0.1) is 0 Å². The maximum Gasteiger partial charge on any atom is 0.327 e. The van der Waals surface area contributed by atoms with Crippen LogP contribution in [0.1, 0.15) is 5.56 Å². The molecule has 8 heteroatoms. The van der Waals surface area contributed by atoms with Crippen molar-refractivity contribution >= 4 is 33.3 Å². The molecule has 1 N–H and O–H groups in total. The summed E-state index contributed by atoms with van der Waals surface area (Å²) >= 11 is 6.05. The summed E-state index contributed by atoms with van der Waals surface area (Å²) in [5.74, 6) is -1.88. The average molecular weight is 372 g/mol. The molecule has 0 saturated carbocycles. The number of nitrogens with zero attached hydrogens (tertiary/aromatic N) is 1. The largest absolute Gasteiger partial charge is 0.480 e. The van der Waals surface area contributed by atoms with Gasteiger partial charge in [0.2, 0.25) is 10.0 Å². The fourth-order valence-corrected chi connectivity index (χ4v) is 3.68. The van der Waals surface area contributed by atoms with Gasteiger partial charge < -0.3 is 5.11 Å². The highest BCUT2D eigenvalue weighted by atomic mass is 35.5. The van der Waals surface area contributed by atoms with Crippen molar-refractivity contribution in [3.05, 3.63) is 64.9 Å². The second-order valence-corrected chi connectivity index (χ2v) is 7.45. The van der Waals surface area contributed by atoms with Crippen LogP contribution in [0.25, 0.3) is 0 Å². The third-order valence-electron chi connectivity index (χ3n) is 3.38. The van der Waals surface area contributed by atoms with Crippen LogP contribution in [0.2, 0.25) is 5.02 Å². The molecule has 0 heterocycles. The zero-order valence-electron chi connectivity index (χ0n) is 12.7. The van der Waals surface area contributed by atoms with E-state index in [4.69, 9.17) is 11.6 Å². The topological polar surface area (TPSA) is 74.7 Å². The number of carbonyl (C=O) groups is 1. The van der Waals surface area contributed by atoms with Crippen LogP contribution in [-0.2, 0) is 21.2 Å². The lowest BCUT2D eigenvalue weighted by Crippen LogP contribution is -2.46. The van der Waals surface area contributed by atoms with E-state index in [9.17, 15) is 22.7 Å². The van der Waals surface area contributed by atoms with E-state index in [1.807, 2.05) is 0 Å². The van der Waals surface area contributed by atoms with Gasteiger partial charge in [0.15, 0.2) is 0 Å². The molecule has 0 aliphatic rings. The smallest absolute Gasteiger partial charge is 0.327 e. The first-order valence-corrected chi connectivity index (χ1v) is 9.14. The summed E-state index contributed by atoms with van der Waals surface area (Å²) in [5, 5.41) is 9.90. The number of carboxylic acid groups (broad SMARTS) is 1. The molecular weight excluding hydrogens is 357 g/mol. The van der Waals surface area contributed by atoms with Gasteiger partial charge >= 0.3 is 5.97 Å². The summed E-state index contributed by atoms with van der Waals surface area (Å²) in [6.07, 6.45) is 0.776. The Labute approximate surface area is 144 Å². The Morgan fingerprint density at radius 2 is 1.79 bits per heavy atom. The number of hydrogen-bond donors (Lipinski definition) is 1. The van der Waals surface area contributed by atoms with Crippen molar-refractivity contribution in [2.45, 2.75) is 12.5 Å². The second kappa shape index (κ2) is 7.19. The molecule has 0 aliphatic carbocycles. The van der Waals surface area contributed by atoms with Crippen molar-refractivity contribution in [2.75, 3.05) is 10.6 Å². The number of aliphatic carboxylic acids is 1. The van der Waals surface area contributed by atoms with Crippen LogP contribution in [0.3, 0.4) is 0 Å². The minimum Gasteiger partial charge on any atom is -0.480 e. The SMILES string of the molecule is CS(=O)(=O)N(c1ccc(F)cc1)[C@H](Cc1ccccc1Cl)C(=O)O. The van der Waals surface area contributed by atoms with E-state index in [0.717, 1.165) is 22.7 Å². The van der Waals surface area contributed by atoms with E-state index in [1.54, 1.807) is 24.3 Å². The summed E-state index contributed by atoms with van der Waals surface area (Å²) in [6.45, 7) is 0. The molecule has 0 bridgehead atoms. The average Bonchev–Trinajstić information content (AvgIpc) is 2.49. The molecule has 0 saturated heterocycles. The molecule has 2 aromatic rings. The normalized spacial score (nSPS) is 12.6. The highest BCUT2D eigenvalue weighted by Crippen LogP contribution is 2.25. The zero-order chi connectivity index (χ0) is 17.9. The molecule has 0 spiro atoms. The van der Waals surface area contributed by atoms with Crippen LogP contribution in [0.4, 0.5) is 10.1 Å². The first-order chi connectivity index (χ1) is 11.2. The predicted molar refractivity (Wildman–Crippen MR) is 90.3 cm³/mol. The Balaban J connectivity index is 2.49. The van der Waals surface area contributed by atoms with Crippen molar-refractivity contribution < 1.29 is 22.7 Å². The zero-order valence-corrected chi connectivity index (χ0v) is 14.3. The first kappa shape index (κ1) is 18.2. The maximum absolute atomic E-state index is 13.1. The lowest BCUT2D eigenvalue weighted by Gasteiger charge is -2.29. The van der Waals surface area contributed by atoms with E-state index in [1.165, 1.54) is 12.1 Å². The van der Waals surface area contributed by atoms with E-state index >= 15 is 0 Å². The van der Waals surface area contributed by atoms with E-state index in [0.29, 0.717) is 10.6 Å². The van der Waals surface area contributed by atoms with Gasteiger partial charge in [-0.25, -0.2) is 17.6 Å². The molecule has 128 valence electrons. The number of anilines is 1. The molecule has 0 fully saturated rings. The lowest BCUT2D eigenvalue weighted by atomic mass is 10.1. The Morgan fingerprint density at radius 3 is 2.29 bits per heavy atom. The number of benzene rings is 2. The van der Waals surface area contributed by atoms with E-state index in [2.05, 4.69) is 0 Å². The Morgan fingerprint density at radius 1 is 1.21 bits per heavy atom. The monoisotopic (exact) mass is 371 g/mol. The third-order valence-corrected chi connectivity index (χ3v) is 4.93. The highest BCUT2D eigenvalue weighted by molar-refractivity contribution is 7.92. The molecule has 2 rings (SSSR count). The second-order valence-electron chi connectivity index (χ2n) is 5.18. The summed E-state index contributed by atoms with van der Waals surface area (Å²) in [7, 11) is -3.92. The van der Waals surface area contributed by atoms with Gasteiger partial charge in [-0.3, -0.25) is 4.31 Å². The summed E-state index contributed by atoms with van der Waals surface area (Å²) < 4.78 is 38.2. The fraction of sp³-hybridized carbons (Fsp3) is 0.188. The van der Waals surface area contributed by atoms with E-state index < -0.39 is 27.9 Å². The predicted octanol–water partition coefficient (Wildman–Crippen LogP) is 2.94. The van der Waals surface area contributed by atoms with Crippen LogP contribution < -0.4 is 4.31 Å². The van der Waals surface area contributed by atoms with Crippen molar-refractivity contribution in [1.29, 1.82) is 0 Å². The highest BCUT2D eigenvalue weighted by Gasteiger charge is 2.33. The van der Waals surface area contributed by atoms with Crippen molar-refractivity contribution in [1.82, 2.24) is 0 Å². The van der Waals surface area contributed by atoms with Gasteiger partial charge in [-0.1, -0.05) is 29.8 Å². The Bertz CT molecular complexity index is 839. The molecule has 5 nitrogen and oxygen atoms in total. The number of sulfonamides is 1. The third kappa shape index (κ3) is 4.24. The van der Waals surface area contributed by atoms with Crippen molar-refractivity contribution in [2.24, 2.45) is 0 Å². The molecule has 2 aromatic carbocycles. The molecule has 0 radical (unpaired) electrons. The summed E-state index contributed by atoms with van der Waals surface area (Å²) in [4.78, 5) is 11.7. The lowest BCUT2D eigenvalue weighted by molar-refractivity contribution is -0.138. The van der Waals surface area contributed by atoms with Crippen LogP contribution in [0.15, 0.2) is 48.5 Å². The molecule has 1 atom stereocenters. The fourth-order valence-electron chi connectivity index (χ4n) is 2.33. The molecule has 0 unspecified atom stereocenters. The van der Waals surface area contributed by atoms with Crippen LogP contribution in [-0.4, -0.2) is 31.8 Å². The number of carboxylic acids is 1. The number of rotatable bonds is 6. The number of halogens is 2. The molecule has 24 heavy (non-hydrogen) atoms. The van der Waals surface area contributed by atoms with Gasteiger partial charge in [0.05, 0.1) is 11.9 Å². The Hall–Kier alpha value is -2.12. The minimum absolute atomic E-state index is 0.0679. The van der Waals surface area contributed by atoms with Crippen LogP contribution >= 0.6 is 11.6 Å². The first-order valence-electron chi connectivity index (χ1n) is 6.91.